The molecule has 1 atom stereocenters. The lowest BCUT2D eigenvalue weighted by molar-refractivity contribution is -0.139. The van der Waals surface area contributed by atoms with E-state index in [4.69, 9.17) is 35.9 Å². The van der Waals surface area contributed by atoms with Crippen LogP contribution in [0.4, 0.5) is 5.95 Å². The van der Waals surface area contributed by atoms with Gasteiger partial charge in [0.1, 0.15) is 6.04 Å². The number of halogens is 1. The first-order valence-electron chi connectivity index (χ1n) is 12.2. The molecule has 0 saturated heterocycles. The first kappa shape index (κ1) is 26.9. The normalized spacial score (nSPS) is 14.7. The number of thioether (sulfide) groups is 1. The summed E-state index contributed by atoms with van der Waals surface area (Å²) in [6.07, 6.45) is 1.73. The van der Waals surface area contributed by atoms with Crippen LogP contribution in [0.25, 0.3) is 0 Å². The van der Waals surface area contributed by atoms with Gasteiger partial charge in [-0.15, -0.1) is 5.10 Å². The summed E-state index contributed by atoms with van der Waals surface area (Å²) < 4.78 is 18.6. The van der Waals surface area contributed by atoms with Crippen molar-refractivity contribution in [2.45, 2.75) is 50.6 Å². The van der Waals surface area contributed by atoms with E-state index in [1.807, 2.05) is 56.3 Å². The van der Waals surface area contributed by atoms with Crippen molar-refractivity contribution in [3.05, 3.63) is 69.9 Å². The number of esters is 1. The number of carbonyl (C=O) groups is 1. The molecule has 1 aliphatic heterocycles. The summed E-state index contributed by atoms with van der Waals surface area (Å²) in [5, 5.41) is 9.29. The molecule has 2 aromatic carbocycles. The van der Waals surface area contributed by atoms with Gasteiger partial charge >= 0.3 is 5.97 Å². The second-order valence-corrected chi connectivity index (χ2v) is 9.79. The highest BCUT2D eigenvalue weighted by Gasteiger charge is 2.35. The third-order valence-electron chi connectivity index (χ3n) is 5.90. The zero-order valence-electron chi connectivity index (χ0n) is 21.4. The molecule has 3 aromatic rings. The highest BCUT2D eigenvalue weighted by Crippen LogP contribution is 2.40. The molecule has 4 rings (SSSR count). The summed E-state index contributed by atoms with van der Waals surface area (Å²) >= 11 is 7.81. The van der Waals surface area contributed by atoms with Gasteiger partial charge in [0.2, 0.25) is 11.1 Å². The molecule has 196 valence electrons. The quantitative estimate of drug-likeness (QED) is 0.172. The van der Waals surface area contributed by atoms with Crippen molar-refractivity contribution >= 4 is 35.3 Å². The fourth-order valence-electron chi connectivity index (χ4n) is 4.04. The molecule has 37 heavy (non-hydrogen) atoms. The van der Waals surface area contributed by atoms with E-state index < -0.39 is 6.04 Å². The van der Waals surface area contributed by atoms with E-state index in [1.165, 1.54) is 11.8 Å². The molecule has 1 unspecified atom stereocenters. The summed E-state index contributed by atoms with van der Waals surface area (Å²) in [4.78, 5) is 18.0. The van der Waals surface area contributed by atoms with Crippen molar-refractivity contribution in [1.82, 2.24) is 14.8 Å². The van der Waals surface area contributed by atoms with E-state index in [-0.39, 0.29) is 5.97 Å². The largest absolute Gasteiger partial charge is 0.493 e. The van der Waals surface area contributed by atoms with E-state index in [9.17, 15) is 4.79 Å². The average molecular weight is 543 g/mol. The molecule has 8 nitrogen and oxygen atoms in total. The van der Waals surface area contributed by atoms with Gasteiger partial charge in [-0.1, -0.05) is 61.0 Å². The molecule has 1 aliphatic rings. The first-order valence-corrected chi connectivity index (χ1v) is 13.6. The van der Waals surface area contributed by atoms with Gasteiger partial charge in [0.25, 0.3) is 0 Å². The Morgan fingerprint density at radius 1 is 1.19 bits per heavy atom. The van der Waals surface area contributed by atoms with Gasteiger partial charge in [-0.3, -0.25) is 0 Å². The minimum atomic E-state index is -0.558. The molecule has 0 bridgehead atoms. The number of unbranched alkanes of at least 4 members (excludes halogenated alkanes) is 1. The fraction of sp³-hybridized carbons (Fsp3) is 0.370. The van der Waals surface area contributed by atoms with Crippen LogP contribution in [0.1, 0.15) is 50.8 Å². The molecular formula is C27H31ClN4O4S. The molecule has 0 fully saturated rings. The van der Waals surface area contributed by atoms with Crippen LogP contribution in [0.5, 0.6) is 11.5 Å². The summed E-state index contributed by atoms with van der Waals surface area (Å²) in [5.41, 5.74) is 2.94. The van der Waals surface area contributed by atoms with Crippen molar-refractivity contribution in [2.24, 2.45) is 0 Å². The van der Waals surface area contributed by atoms with Crippen molar-refractivity contribution in [1.29, 1.82) is 0 Å². The van der Waals surface area contributed by atoms with E-state index >= 15 is 0 Å². The van der Waals surface area contributed by atoms with Crippen LogP contribution < -0.4 is 14.8 Å². The predicted molar refractivity (Wildman–Crippen MR) is 146 cm³/mol. The van der Waals surface area contributed by atoms with Crippen LogP contribution in [0.2, 0.25) is 5.02 Å². The number of ether oxygens (including phenoxy) is 3. The van der Waals surface area contributed by atoms with Crippen molar-refractivity contribution in [3.8, 4) is 11.5 Å². The number of aromatic nitrogens is 3. The Labute approximate surface area is 226 Å². The Balaban J connectivity index is 1.71. The summed E-state index contributed by atoms with van der Waals surface area (Å²) in [6.45, 7) is 6.69. The van der Waals surface area contributed by atoms with E-state index in [2.05, 4.69) is 12.2 Å². The summed E-state index contributed by atoms with van der Waals surface area (Å²) in [7, 11) is 1.59. The number of nitrogens with zero attached hydrogens (tertiary/aromatic N) is 3. The second kappa shape index (κ2) is 12.4. The molecular weight excluding hydrogens is 512 g/mol. The van der Waals surface area contributed by atoms with E-state index in [0.717, 1.165) is 24.0 Å². The Hall–Kier alpha value is -3.17. The van der Waals surface area contributed by atoms with Crippen molar-refractivity contribution < 1.29 is 19.0 Å². The van der Waals surface area contributed by atoms with E-state index in [0.29, 0.717) is 57.9 Å². The van der Waals surface area contributed by atoms with Crippen LogP contribution in [-0.2, 0) is 15.3 Å². The van der Waals surface area contributed by atoms with Gasteiger partial charge in [0.05, 0.1) is 25.9 Å². The number of hydrogen-bond acceptors (Lipinski definition) is 8. The third kappa shape index (κ3) is 6.05. The van der Waals surface area contributed by atoms with Gasteiger partial charge < -0.3 is 19.5 Å². The number of hydrogen-bond donors (Lipinski definition) is 1. The van der Waals surface area contributed by atoms with Gasteiger partial charge in [0, 0.05) is 16.5 Å². The van der Waals surface area contributed by atoms with Gasteiger partial charge in [-0.05, 0) is 49.6 Å². The fourth-order valence-corrected chi connectivity index (χ4v) is 5.15. The number of anilines is 1. The Bertz CT molecular complexity index is 1290. The Kier molecular flexibility index (Phi) is 9.00. The lowest BCUT2D eigenvalue weighted by Gasteiger charge is -2.28. The molecule has 0 amide bonds. The van der Waals surface area contributed by atoms with Gasteiger partial charge in [0.15, 0.2) is 11.5 Å². The molecule has 0 aliphatic carbocycles. The zero-order chi connectivity index (χ0) is 26.4. The Morgan fingerprint density at radius 2 is 2.00 bits per heavy atom. The molecule has 0 spiro atoms. The number of methoxy groups -OCH3 is 1. The Morgan fingerprint density at radius 3 is 2.73 bits per heavy atom. The summed E-state index contributed by atoms with van der Waals surface area (Å²) in [6, 6.07) is 12.8. The molecule has 2 heterocycles. The molecule has 1 N–H and O–H groups in total. The number of benzene rings is 2. The van der Waals surface area contributed by atoms with Crippen LogP contribution in [0, 0.1) is 0 Å². The molecule has 0 radical (unpaired) electrons. The first-order chi connectivity index (χ1) is 18.0. The second-order valence-electron chi connectivity index (χ2n) is 8.44. The smallest absolute Gasteiger partial charge is 0.338 e. The number of nitrogens with one attached hydrogen (secondary N) is 1. The molecule has 1 aromatic heterocycles. The molecule has 0 saturated carbocycles. The zero-order valence-corrected chi connectivity index (χ0v) is 23.0. The number of allylic oxidation sites excluding steroid dienone is 1. The lowest BCUT2D eigenvalue weighted by atomic mass is 9.95. The standard InChI is InChI=1S/C27H31ClN4O4S/c1-5-7-14-36-25(33)23-17(3)29-26-30-27(37-16-19-10-8-9-11-20(19)28)31-32(26)24(23)18-12-13-21(35-6-2)22(15-18)34-4/h8-13,15,24H,5-7,14,16H2,1-4H3,(H,29,30,31). The van der Waals surface area contributed by atoms with E-state index in [1.54, 1.807) is 11.8 Å². The van der Waals surface area contributed by atoms with Crippen molar-refractivity contribution in [2.75, 3.05) is 25.6 Å². The van der Waals surface area contributed by atoms with Crippen LogP contribution in [-0.4, -0.2) is 41.1 Å². The average Bonchev–Trinajstić information content (AvgIpc) is 3.30. The minimum Gasteiger partial charge on any atom is -0.493 e. The van der Waals surface area contributed by atoms with Crippen LogP contribution >= 0.6 is 23.4 Å². The number of rotatable bonds is 11. The highest BCUT2D eigenvalue weighted by molar-refractivity contribution is 7.98. The third-order valence-corrected chi connectivity index (χ3v) is 7.16. The maximum atomic E-state index is 13.3. The summed E-state index contributed by atoms with van der Waals surface area (Å²) in [5.74, 6) is 1.97. The lowest BCUT2D eigenvalue weighted by Crippen LogP contribution is -2.29. The SMILES string of the molecule is CCCCOC(=O)C1=C(C)Nc2nc(SCc3ccccc3Cl)nn2C1c1ccc(OCC)c(OC)c1. The number of fused-ring (bicyclic) bond motifs is 1. The predicted octanol–water partition coefficient (Wildman–Crippen LogP) is 6.26. The highest BCUT2D eigenvalue weighted by atomic mass is 35.5. The van der Waals surface area contributed by atoms with Crippen molar-refractivity contribution in [3.63, 3.8) is 0 Å². The maximum Gasteiger partial charge on any atom is 0.338 e. The van der Waals surface area contributed by atoms with Gasteiger partial charge in [-0.2, -0.15) is 4.98 Å². The van der Waals surface area contributed by atoms with Crippen LogP contribution in [0.15, 0.2) is 58.9 Å². The molecule has 10 heteroatoms. The maximum absolute atomic E-state index is 13.3. The monoisotopic (exact) mass is 542 g/mol. The van der Waals surface area contributed by atoms with Gasteiger partial charge in [-0.25, -0.2) is 9.48 Å². The van der Waals surface area contributed by atoms with Crippen LogP contribution in [0.3, 0.4) is 0 Å². The minimum absolute atomic E-state index is 0.356. The topological polar surface area (TPSA) is 87.5 Å². The number of carbonyl (C=O) groups excluding carboxylic acids is 1.